The number of rotatable bonds is 8. The molecular formula is C19H21FN2O4S. The first kappa shape index (κ1) is 20.7. The van der Waals surface area contributed by atoms with Crippen molar-refractivity contribution in [3.8, 4) is 0 Å². The Labute approximate surface area is 158 Å². The minimum atomic E-state index is -3.85. The fourth-order valence-corrected chi connectivity index (χ4v) is 3.55. The van der Waals surface area contributed by atoms with E-state index in [1.54, 1.807) is 12.1 Å². The molecule has 0 aliphatic carbocycles. The largest absolute Gasteiger partial charge is 0.355 e. The molecule has 0 fully saturated rings. The van der Waals surface area contributed by atoms with Crippen LogP contribution in [0, 0.1) is 5.82 Å². The first-order valence-electron chi connectivity index (χ1n) is 8.28. The van der Waals surface area contributed by atoms with E-state index in [1.807, 2.05) is 0 Å². The lowest BCUT2D eigenvalue weighted by Crippen LogP contribution is -2.39. The van der Waals surface area contributed by atoms with Crippen LogP contribution >= 0.6 is 0 Å². The third kappa shape index (κ3) is 5.70. The van der Waals surface area contributed by atoms with E-state index < -0.39 is 15.9 Å². The summed E-state index contributed by atoms with van der Waals surface area (Å²) in [5, 5.41) is 2.62. The van der Waals surface area contributed by atoms with E-state index >= 15 is 0 Å². The van der Waals surface area contributed by atoms with Crippen molar-refractivity contribution in [1.82, 2.24) is 9.62 Å². The number of ketones is 1. The summed E-state index contributed by atoms with van der Waals surface area (Å²) in [6.45, 7) is 1.31. The van der Waals surface area contributed by atoms with Crippen molar-refractivity contribution in [2.24, 2.45) is 0 Å². The van der Waals surface area contributed by atoms with Gasteiger partial charge in [0.2, 0.25) is 15.9 Å². The van der Waals surface area contributed by atoms with Crippen LogP contribution < -0.4 is 5.32 Å². The summed E-state index contributed by atoms with van der Waals surface area (Å²) < 4.78 is 39.0. The Bertz CT molecular complexity index is 927. The molecule has 0 aliphatic rings. The van der Waals surface area contributed by atoms with Crippen molar-refractivity contribution in [2.75, 3.05) is 20.1 Å². The normalized spacial score (nSPS) is 11.4. The molecule has 0 unspecified atom stereocenters. The summed E-state index contributed by atoms with van der Waals surface area (Å²) in [6, 6.07) is 11.6. The van der Waals surface area contributed by atoms with Gasteiger partial charge in [-0.15, -0.1) is 0 Å². The Hall–Kier alpha value is -2.58. The van der Waals surface area contributed by atoms with Gasteiger partial charge in [0.1, 0.15) is 5.82 Å². The number of amides is 1. The van der Waals surface area contributed by atoms with Crippen LogP contribution in [0.3, 0.4) is 0 Å². The van der Waals surface area contributed by atoms with Crippen LogP contribution in [-0.4, -0.2) is 44.6 Å². The van der Waals surface area contributed by atoms with Crippen LogP contribution in [-0.2, 0) is 21.2 Å². The zero-order chi connectivity index (χ0) is 20.0. The van der Waals surface area contributed by atoms with E-state index in [9.17, 15) is 22.4 Å². The third-order valence-electron chi connectivity index (χ3n) is 3.96. The molecule has 0 atom stereocenters. The highest BCUT2D eigenvalue weighted by atomic mass is 32.2. The summed E-state index contributed by atoms with van der Waals surface area (Å²) in [5.41, 5.74) is 1.15. The molecule has 6 nitrogen and oxygen atoms in total. The number of hydrogen-bond acceptors (Lipinski definition) is 4. The highest BCUT2D eigenvalue weighted by molar-refractivity contribution is 7.89. The monoisotopic (exact) mass is 392 g/mol. The van der Waals surface area contributed by atoms with Crippen LogP contribution in [0.1, 0.15) is 22.8 Å². The lowest BCUT2D eigenvalue weighted by Gasteiger charge is -2.17. The number of carbonyl (C=O) groups excluding carboxylic acids is 2. The Morgan fingerprint density at radius 2 is 1.78 bits per heavy atom. The molecule has 27 heavy (non-hydrogen) atoms. The van der Waals surface area contributed by atoms with E-state index in [0.717, 1.165) is 9.87 Å². The van der Waals surface area contributed by atoms with Gasteiger partial charge in [-0.05, 0) is 43.2 Å². The number of benzene rings is 2. The van der Waals surface area contributed by atoms with Gasteiger partial charge >= 0.3 is 0 Å². The molecule has 0 aromatic heterocycles. The molecule has 0 heterocycles. The van der Waals surface area contributed by atoms with Gasteiger partial charge in [-0.25, -0.2) is 12.8 Å². The Kier molecular flexibility index (Phi) is 6.81. The number of Topliss-reactive ketones (excluding diaryl/α,β-unsaturated/α-hetero) is 1. The van der Waals surface area contributed by atoms with Crippen LogP contribution in [0.2, 0.25) is 0 Å². The summed E-state index contributed by atoms with van der Waals surface area (Å²) in [7, 11) is -2.54. The number of hydrogen-bond donors (Lipinski definition) is 1. The summed E-state index contributed by atoms with van der Waals surface area (Å²) >= 11 is 0. The zero-order valence-electron chi connectivity index (χ0n) is 15.1. The van der Waals surface area contributed by atoms with Gasteiger partial charge in [-0.1, -0.05) is 24.3 Å². The van der Waals surface area contributed by atoms with Crippen molar-refractivity contribution in [3.63, 3.8) is 0 Å². The van der Waals surface area contributed by atoms with Gasteiger partial charge in [0.05, 0.1) is 11.4 Å². The van der Waals surface area contributed by atoms with E-state index in [1.165, 1.54) is 50.4 Å². The molecule has 0 saturated carbocycles. The maximum Gasteiger partial charge on any atom is 0.243 e. The minimum absolute atomic E-state index is 0.00237. The molecular weight excluding hydrogens is 371 g/mol. The molecule has 0 spiro atoms. The van der Waals surface area contributed by atoms with Crippen LogP contribution in [0.15, 0.2) is 53.4 Å². The third-order valence-corrected chi connectivity index (χ3v) is 5.78. The average Bonchev–Trinajstić information content (AvgIpc) is 2.61. The SMILES string of the molecule is CC(=O)c1ccc(S(=O)(=O)N(C)CC(=O)NCCc2cccc(F)c2)cc1. The smallest absolute Gasteiger partial charge is 0.243 e. The molecule has 0 saturated heterocycles. The van der Waals surface area contributed by atoms with Gasteiger partial charge < -0.3 is 5.32 Å². The predicted octanol–water partition coefficient (Wildman–Crippen LogP) is 2.01. The molecule has 8 heteroatoms. The highest BCUT2D eigenvalue weighted by Gasteiger charge is 2.23. The van der Waals surface area contributed by atoms with E-state index in [0.29, 0.717) is 12.0 Å². The van der Waals surface area contributed by atoms with Gasteiger partial charge in [0.15, 0.2) is 5.78 Å². The quantitative estimate of drug-likeness (QED) is 0.697. The number of sulfonamides is 1. The lowest BCUT2D eigenvalue weighted by molar-refractivity contribution is -0.121. The fraction of sp³-hybridized carbons (Fsp3) is 0.263. The van der Waals surface area contributed by atoms with Crippen molar-refractivity contribution in [2.45, 2.75) is 18.2 Å². The average molecular weight is 392 g/mol. The minimum Gasteiger partial charge on any atom is -0.355 e. The zero-order valence-corrected chi connectivity index (χ0v) is 15.9. The first-order valence-corrected chi connectivity index (χ1v) is 9.72. The maximum absolute atomic E-state index is 13.1. The van der Waals surface area contributed by atoms with Gasteiger partial charge in [0.25, 0.3) is 0 Å². The summed E-state index contributed by atoms with van der Waals surface area (Å²) in [5.74, 6) is -0.969. The molecule has 2 rings (SSSR count). The molecule has 0 radical (unpaired) electrons. The van der Waals surface area contributed by atoms with Crippen molar-refractivity contribution < 1.29 is 22.4 Å². The molecule has 1 amide bonds. The van der Waals surface area contributed by atoms with Gasteiger partial charge in [0, 0.05) is 19.2 Å². The summed E-state index contributed by atoms with van der Waals surface area (Å²) in [6.07, 6.45) is 0.437. The fourth-order valence-electron chi connectivity index (χ4n) is 2.42. The van der Waals surface area contributed by atoms with E-state index in [4.69, 9.17) is 0 Å². The van der Waals surface area contributed by atoms with Gasteiger partial charge in [-0.3, -0.25) is 9.59 Å². The first-order chi connectivity index (χ1) is 12.7. The van der Waals surface area contributed by atoms with Crippen LogP contribution in [0.25, 0.3) is 0 Å². The van der Waals surface area contributed by atoms with Crippen LogP contribution in [0.5, 0.6) is 0 Å². The maximum atomic E-state index is 13.1. The Balaban J connectivity index is 1.91. The number of nitrogens with zero attached hydrogens (tertiary/aromatic N) is 1. The Morgan fingerprint density at radius 3 is 2.37 bits per heavy atom. The van der Waals surface area contributed by atoms with Crippen molar-refractivity contribution in [1.29, 1.82) is 0 Å². The number of nitrogens with one attached hydrogen (secondary N) is 1. The highest BCUT2D eigenvalue weighted by Crippen LogP contribution is 2.15. The predicted molar refractivity (Wildman–Crippen MR) is 99.4 cm³/mol. The second kappa shape index (κ2) is 8.88. The van der Waals surface area contributed by atoms with Crippen molar-refractivity contribution in [3.05, 3.63) is 65.5 Å². The van der Waals surface area contributed by atoms with E-state index in [-0.39, 0.29) is 29.6 Å². The molecule has 0 aliphatic heterocycles. The molecule has 1 N–H and O–H groups in total. The van der Waals surface area contributed by atoms with E-state index in [2.05, 4.69) is 5.32 Å². The topological polar surface area (TPSA) is 83.6 Å². The second-order valence-corrected chi connectivity index (χ2v) is 8.12. The Morgan fingerprint density at radius 1 is 1.11 bits per heavy atom. The molecule has 0 bridgehead atoms. The van der Waals surface area contributed by atoms with Crippen molar-refractivity contribution >= 4 is 21.7 Å². The van der Waals surface area contributed by atoms with Gasteiger partial charge in [-0.2, -0.15) is 4.31 Å². The molecule has 2 aromatic rings. The second-order valence-electron chi connectivity index (χ2n) is 6.07. The molecule has 144 valence electrons. The molecule has 2 aromatic carbocycles. The summed E-state index contributed by atoms with van der Waals surface area (Å²) in [4.78, 5) is 23.3. The lowest BCUT2D eigenvalue weighted by atomic mass is 10.1. The number of carbonyl (C=O) groups is 2. The number of halogens is 1. The number of likely N-dealkylation sites (N-methyl/N-ethyl adjacent to an activating group) is 1. The van der Waals surface area contributed by atoms with Crippen LogP contribution in [0.4, 0.5) is 4.39 Å². The standard InChI is InChI=1S/C19H21FN2O4S/c1-14(23)16-6-8-18(9-7-16)27(25,26)22(2)13-19(24)21-11-10-15-4-3-5-17(20)12-15/h3-9,12H,10-11,13H2,1-2H3,(H,21,24).